The van der Waals surface area contributed by atoms with Crippen LogP contribution in [0, 0.1) is 0 Å². The number of halogens is 1. The van der Waals surface area contributed by atoms with Gasteiger partial charge < -0.3 is 15.8 Å². The molecule has 2 aromatic rings. The van der Waals surface area contributed by atoms with Crippen LogP contribution in [0.2, 0.25) is 5.02 Å². The van der Waals surface area contributed by atoms with Crippen LogP contribution in [0.5, 0.6) is 5.75 Å². The molecule has 0 aliphatic rings. The molecule has 1 aromatic heterocycles. The van der Waals surface area contributed by atoms with Crippen molar-refractivity contribution in [3.05, 3.63) is 35.6 Å². The maximum atomic E-state index is 11.8. The molecule has 0 unspecified atom stereocenters. The predicted octanol–water partition coefficient (Wildman–Crippen LogP) is 1.77. The van der Waals surface area contributed by atoms with Crippen LogP contribution in [0.4, 0.5) is 11.4 Å². The van der Waals surface area contributed by atoms with Crippen LogP contribution in [-0.4, -0.2) is 22.8 Å². The van der Waals surface area contributed by atoms with E-state index in [1.165, 1.54) is 10.9 Å². The summed E-state index contributed by atoms with van der Waals surface area (Å²) in [6, 6.07) is 5.02. The van der Waals surface area contributed by atoms with E-state index < -0.39 is 0 Å². The largest absolute Gasteiger partial charge is 0.497 e. The van der Waals surface area contributed by atoms with Crippen molar-refractivity contribution in [3.63, 3.8) is 0 Å². The van der Waals surface area contributed by atoms with Crippen LogP contribution in [0.3, 0.4) is 0 Å². The maximum Gasteiger partial charge on any atom is 0.246 e. The van der Waals surface area contributed by atoms with E-state index in [4.69, 9.17) is 22.1 Å². The van der Waals surface area contributed by atoms with Crippen LogP contribution in [0.1, 0.15) is 0 Å². The SMILES string of the molecule is COc1ccc(Cl)c(NC(=O)Cn2cc(N)cn2)c1. The highest BCUT2D eigenvalue weighted by Crippen LogP contribution is 2.26. The van der Waals surface area contributed by atoms with Gasteiger partial charge in [0.05, 0.1) is 29.7 Å². The van der Waals surface area contributed by atoms with Crippen molar-refractivity contribution in [1.82, 2.24) is 9.78 Å². The number of methoxy groups -OCH3 is 1. The smallest absolute Gasteiger partial charge is 0.246 e. The van der Waals surface area contributed by atoms with Gasteiger partial charge in [-0.25, -0.2) is 0 Å². The van der Waals surface area contributed by atoms with E-state index in [2.05, 4.69) is 10.4 Å². The van der Waals surface area contributed by atoms with Crippen LogP contribution in [-0.2, 0) is 11.3 Å². The first-order valence-corrected chi connectivity index (χ1v) is 5.87. The number of amides is 1. The van der Waals surface area contributed by atoms with Crippen LogP contribution in [0.25, 0.3) is 0 Å². The first-order valence-electron chi connectivity index (χ1n) is 5.50. The van der Waals surface area contributed by atoms with Crippen molar-refractivity contribution in [2.24, 2.45) is 0 Å². The quantitative estimate of drug-likeness (QED) is 0.894. The van der Waals surface area contributed by atoms with Gasteiger partial charge in [0.15, 0.2) is 0 Å². The first kappa shape index (κ1) is 13.2. The second kappa shape index (κ2) is 5.62. The Morgan fingerprint density at radius 2 is 2.37 bits per heavy atom. The molecule has 100 valence electrons. The highest BCUT2D eigenvalue weighted by atomic mass is 35.5. The van der Waals surface area contributed by atoms with Gasteiger partial charge in [-0.2, -0.15) is 5.10 Å². The van der Waals surface area contributed by atoms with Crippen molar-refractivity contribution in [1.29, 1.82) is 0 Å². The van der Waals surface area contributed by atoms with Gasteiger partial charge in [0.2, 0.25) is 5.91 Å². The monoisotopic (exact) mass is 280 g/mol. The molecule has 1 heterocycles. The average Bonchev–Trinajstić information content (AvgIpc) is 2.77. The van der Waals surface area contributed by atoms with Crippen molar-refractivity contribution < 1.29 is 9.53 Å². The summed E-state index contributed by atoms with van der Waals surface area (Å²) in [6.45, 7) is 0.0603. The highest BCUT2D eigenvalue weighted by Gasteiger charge is 2.08. The number of rotatable bonds is 4. The number of benzene rings is 1. The van der Waals surface area contributed by atoms with Gasteiger partial charge >= 0.3 is 0 Å². The van der Waals surface area contributed by atoms with E-state index in [-0.39, 0.29) is 12.5 Å². The molecule has 7 heteroatoms. The summed E-state index contributed by atoms with van der Waals surface area (Å²) < 4.78 is 6.51. The second-order valence-corrected chi connectivity index (χ2v) is 4.27. The third-order valence-corrected chi connectivity index (χ3v) is 2.74. The molecule has 1 aromatic carbocycles. The Balaban J connectivity index is 2.06. The molecule has 0 atom stereocenters. The number of hydrogen-bond donors (Lipinski definition) is 2. The Morgan fingerprint density at radius 3 is 3.00 bits per heavy atom. The molecule has 19 heavy (non-hydrogen) atoms. The van der Waals surface area contributed by atoms with Gasteiger partial charge in [0, 0.05) is 12.3 Å². The minimum Gasteiger partial charge on any atom is -0.497 e. The zero-order chi connectivity index (χ0) is 13.8. The molecular formula is C12H13ClN4O2. The van der Waals surface area contributed by atoms with E-state index in [1.54, 1.807) is 31.5 Å². The van der Waals surface area contributed by atoms with Crippen molar-refractivity contribution in [3.8, 4) is 5.75 Å². The van der Waals surface area contributed by atoms with Crippen LogP contribution >= 0.6 is 11.6 Å². The lowest BCUT2D eigenvalue weighted by molar-refractivity contribution is -0.116. The number of hydrogen-bond acceptors (Lipinski definition) is 4. The third-order valence-electron chi connectivity index (χ3n) is 2.41. The Kier molecular flexibility index (Phi) is 3.91. The molecule has 0 aliphatic carbocycles. The Labute approximate surface area is 115 Å². The molecule has 0 saturated carbocycles. The van der Waals surface area contributed by atoms with Gasteiger partial charge in [0.1, 0.15) is 12.3 Å². The molecule has 0 aliphatic heterocycles. The number of nitrogens with zero attached hydrogens (tertiary/aromatic N) is 2. The van der Waals surface area contributed by atoms with E-state index in [9.17, 15) is 4.79 Å². The lowest BCUT2D eigenvalue weighted by atomic mass is 10.3. The molecule has 0 radical (unpaired) electrons. The zero-order valence-electron chi connectivity index (χ0n) is 10.3. The van der Waals surface area contributed by atoms with Crippen molar-refractivity contribution in [2.75, 3.05) is 18.2 Å². The fourth-order valence-corrected chi connectivity index (χ4v) is 1.69. The third kappa shape index (κ3) is 3.38. The minimum absolute atomic E-state index is 0.0603. The van der Waals surface area contributed by atoms with Gasteiger partial charge in [-0.15, -0.1) is 0 Å². The molecule has 0 saturated heterocycles. The Morgan fingerprint density at radius 1 is 1.58 bits per heavy atom. The lowest BCUT2D eigenvalue weighted by Gasteiger charge is -2.09. The molecule has 3 N–H and O–H groups in total. The number of nitrogen functional groups attached to an aromatic ring is 1. The molecule has 0 fully saturated rings. The summed E-state index contributed by atoms with van der Waals surface area (Å²) in [4.78, 5) is 11.8. The molecule has 0 bridgehead atoms. The van der Waals surface area contributed by atoms with E-state index >= 15 is 0 Å². The number of anilines is 2. The summed E-state index contributed by atoms with van der Waals surface area (Å²) in [7, 11) is 1.54. The number of carbonyl (C=O) groups excluding carboxylic acids is 1. The standard InChI is InChI=1S/C12H13ClN4O2/c1-19-9-2-3-10(13)11(4-9)16-12(18)7-17-6-8(14)5-15-17/h2-6H,7,14H2,1H3,(H,16,18). The first-order chi connectivity index (χ1) is 9.08. The summed E-state index contributed by atoms with van der Waals surface area (Å²) in [5.74, 6) is 0.362. The number of ether oxygens (including phenoxy) is 1. The Hall–Kier alpha value is -2.21. The number of nitrogens with two attached hydrogens (primary N) is 1. The normalized spacial score (nSPS) is 10.2. The van der Waals surface area contributed by atoms with E-state index in [0.717, 1.165) is 0 Å². The number of nitrogens with one attached hydrogen (secondary N) is 1. The van der Waals surface area contributed by atoms with Gasteiger partial charge in [0.25, 0.3) is 0 Å². The number of aromatic nitrogens is 2. The van der Waals surface area contributed by atoms with Crippen LogP contribution in [0.15, 0.2) is 30.6 Å². The molecule has 1 amide bonds. The lowest BCUT2D eigenvalue weighted by Crippen LogP contribution is -2.19. The predicted molar refractivity (Wildman–Crippen MR) is 73.3 cm³/mol. The fraction of sp³-hybridized carbons (Fsp3) is 0.167. The summed E-state index contributed by atoms with van der Waals surface area (Å²) >= 11 is 5.99. The molecular weight excluding hydrogens is 268 g/mol. The topological polar surface area (TPSA) is 82.2 Å². The second-order valence-electron chi connectivity index (χ2n) is 3.87. The zero-order valence-corrected chi connectivity index (χ0v) is 11.0. The Bertz CT molecular complexity index is 597. The summed E-state index contributed by atoms with van der Waals surface area (Å²) in [5, 5.41) is 7.06. The molecule has 0 spiro atoms. The fourth-order valence-electron chi connectivity index (χ4n) is 1.53. The highest BCUT2D eigenvalue weighted by molar-refractivity contribution is 6.33. The summed E-state index contributed by atoms with van der Waals surface area (Å²) in [6.07, 6.45) is 3.05. The minimum atomic E-state index is -0.252. The van der Waals surface area contributed by atoms with Crippen molar-refractivity contribution in [2.45, 2.75) is 6.54 Å². The van der Waals surface area contributed by atoms with Gasteiger partial charge in [-0.1, -0.05) is 11.6 Å². The average molecular weight is 281 g/mol. The van der Waals surface area contributed by atoms with E-state index in [1.807, 2.05) is 0 Å². The molecule has 2 rings (SSSR count). The molecule has 6 nitrogen and oxygen atoms in total. The summed E-state index contributed by atoms with van der Waals surface area (Å²) in [5.41, 5.74) is 6.51. The van der Waals surface area contributed by atoms with Crippen molar-refractivity contribution >= 4 is 28.9 Å². The van der Waals surface area contributed by atoms with Gasteiger partial charge in [-0.05, 0) is 12.1 Å². The maximum absolute atomic E-state index is 11.8. The number of carbonyl (C=O) groups is 1. The van der Waals surface area contributed by atoms with Crippen LogP contribution < -0.4 is 15.8 Å². The van der Waals surface area contributed by atoms with E-state index in [0.29, 0.717) is 22.1 Å². The van der Waals surface area contributed by atoms with Gasteiger partial charge in [-0.3, -0.25) is 9.48 Å².